The van der Waals surface area contributed by atoms with Gasteiger partial charge < -0.3 is 9.72 Å². The average molecular weight is 300 g/mol. The number of ether oxygens (including phenoxy) is 1. The van der Waals surface area contributed by atoms with Crippen LogP contribution in [0.4, 0.5) is 4.39 Å². The van der Waals surface area contributed by atoms with Gasteiger partial charge in [0.2, 0.25) is 0 Å². The summed E-state index contributed by atoms with van der Waals surface area (Å²) in [6, 6.07) is 3.26. The molecule has 2 aromatic rings. The summed E-state index contributed by atoms with van der Waals surface area (Å²) in [6.07, 6.45) is 0. The molecule has 0 aliphatic heterocycles. The number of carbonyl (C=O) groups excluding carboxylic acids is 1. The maximum absolute atomic E-state index is 13.8. The molecule has 1 N–H and O–H groups in total. The predicted molar refractivity (Wildman–Crippen MR) is 66.7 cm³/mol. The maximum atomic E-state index is 13.8. The van der Waals surface area contributed by atoms with Gasteiger partial charge in [-0.05, 0) is 31.5 Å². The van der Waals surface area contributed by atoms with Crippen molar-refractivity contribution in [2.45, 2.75) is 13.8 Å². The second kappa shape index (κ2) is 4.49. The van der Waals surface area contributed by atoms with Crippen molar-refractivity contribution in [1.82, 2.24) is 4.98 Å². The van der Waals surface area contributed by atoms with Gasteiger partial charge in [0.05, 0.1) is 12.1 Å². The van der Waals surface area contributed by atoms with E-state index in [4.69, 9.17) is 4.74 Å². The summed E-state index contributed by atoms with van der Waals surface area (Å²) in [7, 11) is 0. The molecule has 0 amide bonds. The molecule has 2 rings (SSSR count). The number of carbonyl (C=O) groups is 1. The van der Waals surface area contributed by atoms with E-state index in [0.29, 0.717) is 16.5 Å². The first-order chi connectivity index (χ1) is 8.04. The summed E-state index contributed by atoms with van der Waals surface area (Å²) in [5.41, 5.74) is 1.09. The van der Waals surface area contributed by atoms with E-state index in [1.54, 1.807) is 26.0 Å². The van der Waals surface area contributed by atoms with Crippen LogP contribution < -0.4 is 0 Å². The smallest absolute Gasteiger partial charge is 0.354 e. The van der Waals surface area contributed by atoms with Crippen molar-refractivity contribution >= 4 is 32.8 Å². The van der Waals surface area contributed by atoms with Crippen molar-refractivity contribution < 1.29 is 13.9 Å². The number of hydrogen-bond donors (Lipinski definition) is 1. The lowest BCUT2D eigenvalue weighted by atomic mass is 10.2. The number of fused-ring (bicyclic) bond motifs is 1. The molecule has 1 aromatic heterocycles. The Morgan fingerprint density at radius 1 is 1.53 bits per heavy atom. The monoisotopic (exact) mass is 299 g/mol. The molecule has 0 fully saturated rings. The number of esters is 1. The Morgan fingerprint density at radius 3 is 2.88 bits per heavy atom. The van der Waals surface area contributed by atoms with Crippen LogP contribution in [0.5, 0.6) is 0 Å². The molecule has 0 saturated carbocycles. The Bertz CT molecular complexity index is 592. The Kier molecular flexibility index (Phi) is 3.19. The highest BCUT2D eigenvalue weighted by Gasteiger charge is 2.15. The van der Waals surface area contributed by atoms with Crippen LogP contribution in [0.15, 0.2) is 16.6 Å². The molecular formula is C12H11BrFNO2. The van der Waals surface area contributed by atoms with E-state index < -0.39 is 5.97 Å². The normalized spacial score (nSPS) is 10.8. The summed E-state index contributed by atoms with van der Waals surface area (Å²) in [4.78, 5) is 14.3. The maximum Gasteiger partial charge on any atom is 0.354 e. The van der Waals surface area contributed by atoms with Crippen LogP contribution in [0.2, 0.25) is 0 Å². The second-order valence-electron chi connectivity index (χ2n) is 3.68. The van der Waals surface area contributed by atoms with Gasteiger partial charge in [-0.3, -0.25) is 0 Å². The fraction of sp³-hybridized carbons (Fsp3) is 0.250. The van der Waals surface area contributed by atoms with Crippen molar-refractivity contribution in [3.63, 3.8) is 0 Å². The molecule has 0 bridgehead atoms. The zero-order valence-electron chi connectivity index (χ0n) is 9.43. The van der Waals surface area contributed by atoms with Gasteiger partial charge in [0.1, 0.15) is 11.5 Å². The number of benzene rings is 1. The molecule has 0 unspecified atom stereocenters. The molecule has 3 nitrogen and oxygen atoms in total. The molecule has 90 valence electrons. The predicted octanol–water partition coefficient (Wildman–Crippen LogP) is 3.55. The lowest BCUT2D eigenvalue weighted by Crippen LogP contribution is -2.04. The van der Waals surface area contributed by atoms with Gasteiger partial charge in [-0.2, -0.15) is 0 Å². The van der Waals surface area contributed by atoms with Gasteiger partial charge in [-0.25, -0.2) is 9.18 Å². The van der Waals surface area contributed by atoms with Crippen LogP contribution in [0, 0.1) is 12.7 Å². The minimum atomic E-state index is -0.479. The Labute approximate surface area is 106 Å². The summed E-state index contributed by atoms with van der Waals surface area (Å²) >= 11 is 3.34. The molecule has 0 aliphatic rings. The Balaban J connectivity index is 2.61. The number of nitrogens with one attached hydrogen (secondary N) is 1. The van der Waals surface area contributed by atoms with Crippen LogP contribution >= 0.6 is 15.9 Å². The molecule has 5 heteroatoms. The van der Waals surface area contributed by atoms with E-state index in [1.807, 2.05) is 0 Å². The number of aryl methyl sites for hydroxylation is 1. The summed E-state index contributed by atoms with van der Waals surface area (Å²) in [6.45, 7) is 3.68. The number of halogens is 2. The lowest BCUT2D eigenvalue weighted by Gasteiger charge is -2.00. The number of hydrogen-bond acceptors (Lipinski definition) is 2. The molecule has 17 heavy (non-hydrogen) atoms. The minimum absolute atomic E-state index is 0.257. The van der Waals surface area contributed by atoms with Gasteiger partial charge >= 0.3 is 5.97 Å². The second-order valence-corrected chi connectivity index (χ2v) is 4.54. The van der Waals surface area contributed by atoms with Crippen molar-refractivity contribution in [3.05, 3.63) is 33.7 Å². The molecular weight excluding hydrogens is 289 g/mol. The highest BCUT2D eigenvalue weighted by atomic mass is 79.9. The van der Waals surface area contributed by atoms with E-state index >= 15 is 0 Å². The first-order valence-electron chi connectivity index (χ1n) is 5.19. The summed E-state index contributed by atoms with van der Waals surface area (Å²) in [5, 5.41) is 0.635. The lowest BCUT2D eigenvalue weighted by molar-refractivity contribution is 0.0520. The number of rotatable bonds is 2. The fourth-order valence-electron chi connectivity index (χ4n) is 1.66. The van der Waals surface area contributed by atoms with Crippen LogP contribution in [0.25, 0.3) is 10.9 Å². The molecule has 0 aliphatic carbocycles. The minimum Gasteiger partial charge on any atom is -0.461 e. The number of aromatic amines is 1. The summed E-state index contributed by atoms with van der Waals surface area (Å²) < 4.78 is 19.4. The van der Waals surface area contributed by atoms with E-state index in [-0.39, 0.29) is 18.1 Å². The van der Waals surface area contributed by atoms with Crippen molar-refractivity contribution in [1.29, 1.82) is 0 Å². The topological polar surface area (TPSA) is 42.1 Å². The average Bonchev–Trinajstić information content (AvgIpc) is 2.72. The van der Waals surface area contributed by atoms with Crippen molar-refractivity contribution in [2.75, 3.05) is 6.61 Å². The van der Waals surface area contributed by atoms with Gasteiger partial charge in [0.25, 0.3) is 0 Å². The van der Waals surface area contributed by atoms with Gasteiger partial charge in [-0.1, -0.05) is 15.9 Å². The Morgan fingerprint density at radius 2 is 2.24 bits per heavy atom. The first-order valence-corrected chi connectivity index (χ1v) is 5.98. The zero-order chi connectivity index (χ0) is 12.6. The SMILES string of the molecule is CCOC(=O)c1cc2c(Br)cc(C)c(F)c2[nH]1. The van der Waals surface area contributed by atoms with Crippen LogP contribution in [0.3, 0.4) is 0 Å². The van der Waals surface area contributed by atoms with E-state index in [0.717, 1.165) is 4.47 Å². The molecule has 0 radical (unpaired) electrons. The number of aromatic nitrogens is 1. The zero-order valence-corrected chi connectivity index (χ0v) is 11.0. The number of H-pyrrole nitrogens is 1. The first kappa shape index (κ1) is 12.1. The molecule has 0 spiro atoms. The summed E-state index contributed by atoms with van der Waals surface area (Å²) in [5.74, 6) is -0.827. The third-order valence-corrected chi connectivity index (χ3v) is 3.14. The fourth-order valence-corrected chi connectivity index (χ4v) is 2.32. The van der Waals surface area contributed by atoms with Crippen LogP contribution in [-0.4, -0.2) is 17.6 Å². The van der Waals surface area contributed by atoms with E-state index in [1.165, 1.54) is 0 Å². The third kappa shape index (κ3) is 2.07. The van der Waals surface area contributed by atoms with Gasteiger partial charge in [0.15, 0.2) is 0 Å². The van der Waals surface area contributed by atoms with Crippen molar-refractivity contribution in [2.24, 2.45) is 0 Å². The highest BCUT2D eigenvalue weighted by molar-refractivity contribution is 9.10. The van der Waals surface area contributed by atoms with Gasteiger partial charge in [-0.15, -0.1) is 0 Å². The highest BCUT2D eigenvalue weighted by Crippen LogP contribution is 2.29. The largest absolute Gasteiger partial charge is 0.461 e. The van der Waals surface area contributed by atoms with Crippen molar-refractivity contribution in [3.8, 4) is 0 Å². The van der Waals surface area contributed by atoms with Gasteiger partial charge in [0, 0.05) is 9.86 Å². The Hall–Kier alpha value is -1.36. The quantitative estimate of drug-likeness (QED) is 0.862. The van der Waals surface area contributed by atoms with E-state index in [9.17, 15) is 9.18 Å². The molecule has 0 atom stereocenters. The molecule has 1 aromatic carbocycles. The van der Waals surface area contributed by atoms with Crippen LogP contribution in [-0.2, 0) is 4.74 Å². The standard InChI is InChI=1S/C12H11BrFNO2/c1-3-17-12(16)9-5-7-8(13)4-6(2)10(14)11(7)15-9/h4-5,15H,3H2,1-2H3. The third-order valence-electron chi connectivity index (χ3n) is 2.48. The van der Waals surface area contributed by atoms with Crippen LogP contribution in [0.1, 0.15) is 23.0 Å². The molecule has 0 saturated heterocycles. The molecule has 1 heterocycles. The van der Waals surface area contributed by atoms with E-state index in [2.05, 4.69) is 20.9 Å².